The number of unbranched alkanes of at least 4 members (excludes halogenated alkanes) is 1. The summed E-state index contributed by atoms with van der Waals surface area (Å²) in [7, 11) is 0. The van der Waals surface area contributed by atoms with Crippen LogP contribution in [0.1, 0.15) is 42.0 Å². The van der Waals surface area contributed by atoms with Gasteiger partial charge in [0.15, 0.2) is 0 Å². The lowest BCUT2D eigenvalue weighted by atomic mass is 9.92. The molecule has 0 aromatic heterocycles. The number of aromatic hydroxyl groups is 2. The molecule has 2 aromatic carbocycles. The second kappa shape index (κ2) is 6.47. The van der Waals surface area contributed by atoms with Crippen LogP contribution in [0.25, 0.3) is 0 Å². The highest BCUT2D eigenvalue weighted by Crippen LogP contribution is 2.30. The third kappa shape index (κ3) is 3.13. The minimum atomic E-state index is 0.287. The molecule has 20 heavy (non-hydrogen) atoms. The summed E-state index contributed by atoms with van der Waals surface area (Å²) in [5.41, 5.74) is 4.22. The van der Waals surface area contributed by atoms with E-state index in [0.29, 0.717) is 12.2 Å². The highest BCUT2D eigenvalue weighted by molar-refractivity contribution is 5.48. The number of para-hydroxylation sites is 1. The Bertz CT molecular complexity index is 588. The quantitative estimate of drug-likeness (QED) is 0.848. The number of rotatable bonds is 5. The van der Waals surface area contributed by atoms with Gasteiger partial charge in [0.25, 0.3) is 0 Å². The summed E-state index contributed by atoms with van der Waals surface area (Å²) in [5.74, 6) is 0.611. The highest BCUT2D eigenvalue weighted by atomic mass is 16.3. The third-order valence-electron chi connectivity index (χ3n) is 3.78. The van der Waals surface area contributed by atoms with Crippen LogP contribution in [0.2, 0.25) is 0 Å². The molecule has 0 atom stereocenters. The van der Waals surface area contributed by atoms with Crippen molar-refractivity contribution in [2.24, 2.45) is 0 Å². The topological polar surface area (TPSA) is 40.5 Å². The van der Waals surface area contributed by atoms with Gasteiger partial charge in [-0.05, 0) is 48.6 Å². The normalized spacial score (nSPS) is 10.7. The number of phenolic OH excluding ortho intramolecular Hbond substituents is 2. The molecule has 0 amide bonds. The Hall–Kier alpha value is -1.96. The van der Waals surface area contributed by atoms with E-state index in [0.717, 1.165) is 30.4 Å². The van der Waals surface area contributed by atoms with E-state index in [1.165, 1.54) is 11.1 Å². The van der Waals surface area contributed by atoms with Gasteiger partial charge in [-0.1, -0.05) is 37.6 Å². The van der Waals surface area contributed by atoms with Crippen molar-refractivity contribution in [2.45, 2.75) is 39.5 Å². The van der Waals surface area contributed by atoms with Gasteiger partial charge in [0, 0.05) is 12.0 Å². The summed E-state index contributed by atoms with van der Waals surface area (Å²) < 4.78 is 0. The first-order valence-corrected chi connectivity index (χ1v) is 7.20. The molecule has 0 bridgehead atoms. The SMILES string of the molecule is CCCCc1c(C)ccc(O)c1Cc1ccccc1O. The molecule has 0 aliphatic heterocycles. The number of hydrogen-bond donors (Lipinski definition) is 2. The first-order valence-electron chi connectivity index (χ1n) is 7.20. The Labute approximate surface area is 120 Å². The molecule has 0 unspecified atom stereocenters. The molecule has 0 radical (unpaired) electrons. The van der Waals surface area contributed by atoms with Crippen molar-refractivity contribution < 1.29 is 10.2 Å². The summed E-state index contributed by atoms with van der Waals surface area (Å²) in [6, 6.07) is 11.0. The molecule has 0 fully saturated rings. The van der Waals surface area contributed by atoms with Crippen LogP contribution in [-0.4, -0.2) is 10.2 Å². The molecular formula is C18H22O2. The smallest absolute Gasteiger partial charge is 0.119 e. The van der Waals surface area contributed by atoms with Crippen molar-refractivity contribution in [3.8, 4) is 11.5 Å². The summed E-state index contributed by atoms with van der Waals surface area (Å²) in [6.45, 7) is 4.25. The third-order valence-corrected chi connectivity index (χ3v) is 3.78. The lowest BCUT2D eigenvalue weighted by Gasteiger charge is -2.15. The molecule has 106 valence electrons. The molecular weight excluding hydrogens is 248 g/mol. The maximum Gasteiger partial charge on any atom is 0.119 e. The van der Waals surface area contributed by atoms with Crippen molar-refractivity contribution in [3.05, 3.63) is 58.7 Å². The number of aryl methyl sites for hydroxylation is 1. The van der Waals surface area contributed by atoms with Crippen LogP contribution in [0.4, 0.5) is 0 Å². The van der Waals surface area contributed by atoms with Crippen molar-refractivity contribution in [3.63, 3.8) is 0 Å². The molecule has 0 saturated carbocycles. The van der Waals surface area contributed by atoms with Gasteiger partial charge in [-0.3, -0.25) is 0 Å². The van der Waals surface area contributed by atoms with Crippen LogP contribution in [0.5, 0.6) is 11.5 Å². The van der Waals surface area contributed by atoms with Gasteiger partial charge in [-0.2, -0.15) is 0 Å². The van der Waals surface area contributed by atoms with Gasteiger partial charge in [0.05, 0.1) is 0 Å². The second-order valence-corrected chi connectivity index (χ2v) is 5.27. The Balaban J connectivity index is 2.39. The van der Waals surface area contributed by atoms with E-state index in [1.807, 2.05) is 24.3 Å². The second-order valence-electron chi connectivity index (χ2n) is 5.27. The predicted octanol–water partition coefficient (Wildman–Crippen LogP) is 4.34. The molecule has 0 aliphatic carbocycles. The van der Waals surface area contributed by atoms with Crippen molar-refractivity contribution in [1.82, 2.24) is 0 Å². The van der Waals surface area contributed by atoms with Crippen LogP contribution in [0.3, 0.4) is 0 Å². The predicted molar refractivity (Wildman–Crippen MR) is 82.4 cm³/mol. The van der Waals surface area contributed by atoms with E-state index >= 15 is 0 Å². The van der Waals surface area contributed by atoms with E-state index in [4.69, 9.17) is 0 Å². The molecule has 2 nitrogen and oxygen atoms in total. The highest BCUT2D eigenvalue weighted by Gasteiger charge is 2.13. The fraction of sp³-hybridized carbons (Fsp3) is 0.333. The maximum absolute atomic E-state index is 10.2. The molecule has 0 heterocycles. The fourth-order valence-electron chi connectivity index (χ4n) is 2.55. The molecule has 2 N–H and O–H groups in total. The lowest BCUT2D eigenvalue weighted by molar-refractivity contribution is 0.462. The molecule has 2 aromatic rings. The Morgan fingerprint density at radius 1 is 0.900 bits per heavy atom. The largest absolute Gasteiger partial charge is 0.508 e. The summed E-state index contributed by atoms with van der Waals surface area (Å²) in [4.78, 5) is 0. The van der Waals surface area contributed by atoms with Gasteiger partial charge in [-0.25, -0.2) is 0 Å². The zero-order valence-electron chi connectivity index (χ0n) is 12.2. The van der Waals surface area contributed by atoms with Crippen molar-refractivity contribution >= 4 is 0 Å². The summed E-state index contributed by atoms with van der Waals surface area (Å²) in [5, 5.41) is 20.1. The van der Waals surface area contributed by atoms with Crippen molar-refractivity contribution in [1.29, 1.82) is 0 Å². The molecule has 0 aliphatic rings. The van der Waals surface area contributed by atoms with Crippen LogP contribution >= 0.6 is 0 Å². The maximum atomic E-state index is 10.2. The number of benzene rings is 2. The Morgan fingerprint density at radius 3 is 2.35 bits per heavy atom. The Kier molecular flexibility index (Phi) is 4.67. The minimum Gasteiger partial charge on any atom is -0.508 e. The number of phenols is 2. The Morgan fingerprint density at radius 2 is 1.65 bits per heavy atom. The van der Waals surface area contributed by atoms with E-state index in [9.17, 15) is 10.2 Å². The van der Waals surface area contributed by atoms with E-state index in [1.54, 1.807) is 12.1 Å². The van der Waals surface area contributed by atoms with Gasteiger partial charge in [0.1, 0.15) is 11.5 Å². The van der Waals surface area contributed by atoms with Gasteiger partial charge < -0.3 is 10.2 Å². The summed E-state index contributed by atoms with van der Waals surface area (Å²) in [6.07, 6.45) is 3.78. The standard InChI is InChI=1S/C18H22O2/c1-3-4-8-15-13(2)10-11-18(20)16(15)12-14-7-5-6-9-17(14)19/h5-7,9-11,19-20H,3-4,8,12H2,1-2H3. The van der Waals surface area contributed by atoms with Gasteiger partial charge in [-0.15, -0.1) is 0 Å². The molecule has 2 rings (SSSR count). The zero-order valence-corrected chi connectivity index (χ0v) is 12.2. The zero-order chi connectivity index (χ0) is 14.5. The van der Waals surface area contributed by atoms with Crippen molar-refractivity contribution in [2.75, 3.05) is 0 Å². The first-order chi connectivity index (χ1) is 9.63. The van der Waals surface area contributed by atoms with E-state index in [-0.39, 0.29) is 5.75 Å². The minimum absolute atomic E-state index is 0.287. The lowest BCUT2D eigenvalue weighted by Crippen LogP contribution is -2.00. The van der Waals surface area contributed by atoms with Crippen LogP contribution in [-0.2, 0) is 12.8 Å². The average Bonchev–Trinajstić information content (AvgIpc) is 2.44. The van der Waals surface area contributed by atoms with Gasteiger partial charge in [0.2, 0.25) is 0 Å². The number of hydrogen-bond acceptors (Lipinski definition) is 2. The van der Waals surface area contributed by atoms with E-state index in [2.05, 4.69) is 13.8 Å². The van der Waals surface area contributed by atoms with Gasteiger partial charge >= 0.3 is 0 Å². The first kappa shape index (κ1) is 14.4. The van der Waals surface area contributed by atoms with Crippen LogP contribution in [0, 0.1) is 6.92 Å². The van der Waals surface area contributed by atoms with Crippen LogP contribution < -0.4 is 0 Å². The van der Waals surface area contributed by atoms with Crippen LogP contribution in [0.15, 0.2) is 36.4 Å². The molecule has 2 heteroatoms. The average molecular weight is 270 g/mol. The fourth-order valence-corrected chi connectivity index (χ4v) is 2.55. The summed E-state index contributed by atoms with van der Waals surface area (Å²) >= 11 is 0. The molecule has 0 spiro atoms. The van der Waals surface area contributed by atoms with E-state index < -0.39 is 0 Å². The monoisotopic (exact) mass is 270 g/mol. The molecule has 0 saturated heterocycles.